The van der Waals surface area contributed by atoms with Gasteiger partial charge in [-0.2, -0.15) is 0 Å². The van der Waals surface area contributed by atoms with Crippen LogP contribution < -0.4 is 15.8 Å². The first-order valence-electron chi connectivity index (χ1n) is 7.92. The first kappa shape index (κ1) is 20.0. The highest BCUT2D eigenvalue weighted by molar-refractivity contribution is 5.67. The molecule has 0 saturated carbocycles. The van der Waals surface area contributed by atoms with Crippen molar-refractivity contribution in [3.63, 3.8) is 0 Å². The summed E-state index contributed by atoms with van der Waals surface area (Å²) in [5, 5.41) is 2.55. The predicted octanol–water partition coefficient (Wildman–Crippen LogP) is 3.84. The SMILES string of the molecule is Nc1cc(C#CCCNC(=O)OCc2ccccc2)ccc1OC(F)(F)F. The molecule has 0 heterocycles. The Balaban J connectivity index is 1.73. The fraction of sp³-hybridized carbons (Fsp3) is 0.211. The van der Waals surface area contributed by atoms with Gasteiger partial charge in [0, 0.05) is 18.5 Å². The summed E-state index contributed by atoms with van der Waals surface area (Å²) in [6, 6.07) is 13.0. The van der Waals surface area contributed by atoms with Crippen LogP contribution in [0, 0.1) is 11.8 Å². The number of hydrogen-bond acceptors (Lipinski definition) is 4. The van der Waals surface area contributed by atoms with Crippen molar-refractivity contribution in [2.75, 3.05) is 12.3 Å². The van der Waals surface area contributed by atoms with Gasteiger partial charge in [-0.1, -0.05) is 42.2 Å². The van der Waals surface area contributed by atoms with Crippen molar-refractivity contribution in [3.05, 3.63) is 59.7 Å². The fourth-order valence-corrected chi connectivity index (χ4v) is 2.01. The number of hydrogen-bond donors (Lipinski definition) is 2. The molecule has 0 aliphatic heterocycles. The summed E-state index contributed by atoms with van der Waals surface area (Å²) in [6.07, 6.45) is -5.03. The zero-order valence-electron chi connectivity index (χ0n) is 14.2. The summed E-state index contributed by atoms with van der Waals surface area (Å²) < 4.78 is 45.3. The topological polar surface area (TPSA) is 73.6 Å². The Hall–Kier alpha value is -3.34. The molecule has 0 unspecified atom stereocenters. The molecular formula is C19H17F3N2O3. The Bertz CT molecular complexity index is 828. The molecule has 3 N–H and O–H groups in total. The highest BCUT2D eigenvalue weighted by Crippen LogP contribution is 2.28. The second-order valence-corrected chi connectivity index (χ2v) is 5.34. The van der Waals surface area contributed by atoms with E-state index in [9.17, 15) is 18.0 Å². The average Bonchev–Trinajstić information content (AvgIpc) is 2.62. The molecule has 0 bridgehead atoms. The lowest BCUT2D eigenvalue weighted by molar-refractivity contribution is -0.274. The molecule has 0 aliphatic rings. The van der Waals surface area contributed by atoms with Crippen molar-refractivity contribution < 1.29 is 27.4 Å². The van der Waals surface area contributed by atoms with Crippen molar-refractivity contribution in [3.8, 4) is 17.6 Å². The van der Waals surface area contributed by atoms with Crippen LogP contribution in [0.25, 0.3) is 0 Å². The molecule has 2 aromatic rings. The minimum Gasteiger partial charge on any atom is -0.445 e. The van der Waals surface area contributed by atoms with E-state index >= 15 is 0 Å². The Morgan fingerprint density at radius 1 is 1.15 bits per heavy atom. The third kappa shape index (κ3) is 7.61. The lowest BCUT2D eigenvalue weighted by Gasteiger charge is -2.10. The Kier molecular flexibility index (Phi) is 6.94. The van der Waals surface area contributed by atoms with Crippen LogP contribution in [0.4, 0.5) is 23.7 Å². The maximum atomic E-state index is 12.2. The molecular weight excluding hydrogens is 361 g/mol. The van der Waals surface area contributed by atoms with Gasteiger partial charge in [-0.25, -0.2) is 4.79 Å². The highest BCUT2D eigenvalue weighted by atomic mass is 19.4. The summed E-state index contributed by atoms with van der Waals surface area (Å²) >= 11 is 0. The third-order valence-electron chi connectivity index (χ3n) is 3.20. The van der Waals surface area contributed by atoms with E-state index < -0.39 is 18.2 Å². The lowest BCUT2D eigenvalue weighted by atomic mass is 10.2. The summed E-state index contributed by atoms with van der Waals surface area (Å²) in [5.74, 6) is 5.06. The van der Waals surface area contributed by atoms with Gasteiger partial charge in [0.15, 0.2) is 5.75 Å². The number of benzene rings is 2. The number of ether oxygens (including phenoxy) is 2. The molecule has 2 rings (SSSR count). The number of amides is 1. The van der Waals surface area contributed by atoms with Gasteiger partial charge >= 0.3 is 12.5 Å². The van der Waals surface area contributed by atoms with E-state index in [1.165, 1.54) is 12.1 Å². The van der Waals surface area contributed by atoms with Crippen LogP contribution in [-0.2, 0) is 11.3 Å². The minimum atomic E-state index is -4.80. The van der Waals surface area contributed by atoms with Crippen LogP contribution in [0.2, 0.25) is 0 Å². The number of anilines is 1. The smallest absolute Gasteiger partial charge is 0.445 e. The normalized spacial score (nSPS) is 10.5. The molecule has 0 aromatic heterocycles. The van der Waals surface area contributed by atoms with Gasteiger partial charge in [0.1, 0.15) is 6.61 Å². The third-order valence-corrected chi connectivity index (χ3v) is 3.20. The zero-order chi connectivity index (χ0) is 19.7. The van der Waals surface area contributed by atoms with Crippen LogP contribution in [0.5, 0.6) is 5.75 Å². The van der Waals surface area contributed by atoms with Crippen LogP contribution in [0.1, 0.15) is 17.5 Å². The van der Waals surface area contributed by atoms with Crippen molar-refractivity contribution in [2.24, 2.45) is 0 Å². The van der Waals surface area contributed by atoms with Gasteiger partial charge in [0.05, 0.1) is 5.69 Å². The van der Waals surface area contributed by atoms with E-state index in [1.807, 2.05) is 30.3 Å². The largest absolute Gasteiger partial charge is 0.573 e. The monoisotopic (exact) mass is 378 g/mol. The molecule has 8 heteroatoms. The molecule has 0 atom stereocenters. The van der Waals surface area contributed by atoms with Crippen LogP contribution >= 0.6 is 0 Å². The van der Waals surface area contributed by atoms with Crippen molar-refractivity contribution in [1.29, 1.82) is 0 Å². The molecule has 1 amide bonds. The van der Waals surface area contributed by atoms with E-state index in [0.29, 0.717) is 12.0 Å². The maximum Gasteiger partial charge on any atom is 0.573 e. The van der Waals surface area contributed by atoms with Gasteiger partial charge in [-0.15, -0.1) is 13.2 Å². The first-order chi connectivity index (χ1) is 12.8. The second kappa shape index (κ2) is 9.38. The summed E-state index contributed by atoms with van der Waals surface area (Å²) in [5.41, 5.74) is 6.66. The zero-order valence-corrected chi connectivity index (χ0v) is 14.2. The van der Waals surface area contributed by atoms with Crippen molar-refractivity contribution in [1.82, 2.24) is 5.32 Å². The second-order valence-electron chi connectivity index (χ2n) is 5.34. The number of carbonyl (C=O) groups excluding carboxylic acids is 1. The fourth-order valence-electron chi connectivity index (χ4n) is 2.01. The van der Waals surface area contributed by atoms with Gasteiger partial charge in [0.2, 0.25) is 0 Å². The van der Waals surface area contributed by atoms with Gasteiger partial charge in [-0.05, 0) is 23.8 Å². The number of nitrogen functional groups attached to an aromatic ring is 1. The van der Waals surface area contributed by atoms with Crippen molar-refractivity contribution >= 4 is 11.8 Å². The van der Waals surface area contributed by atoms with E-state index in [4.69, 9.17) is 10.5 Å². The maximum absolute atomic E-state index is 12.2. The summed E-state index contributed by atoms with van der Waals surface area (Å²) in [4.78, 5) is 11.5. The number of alkyl carbamates (subject to hydrolysis) is 1. The molecule has 0 spiro atoms. The average molecular weight is 378 g/mol. The molecule has 142 valence electrons. The molecule has 27 heavy (non-hydrogen) atoms. The standard InChI is InChI=1S/C19H17F3N2O3/c20-19(21,22)27-17-10-9-14(12-16(17)23)6-4-5-11-24-18(25)26-13-15-7-2-1-3-8-15/h1-3,7-10,12H,5,11,13,23H2,(H,24,25). The Morgan fingerprint density at radius 3 is 2.56 bits per heavy atom. The Morgan fingerprint density at radius 2 is 1.89 bits per heavy atom. The van der Waals surface area contributed by atoms with Gasteiger partial charge in [-0.3, -0.25) is 0 Å². The van der Waals surface area contributed by atoms with E-state index in [0.717, 1.165) is 11.6 Å². The Labute approximate surface area is 154 Å². The molecule has 0 saturated heterocycles. The first-order valence-corrected chi connectivity index (χ1v) is 7.92. The van der Waals surface area contributed by atoms with E-state index in [1.54, 1.807) is 0 Å². The van der Waals surface area contributed by atoms with Crippen LogP contribution in [0.3, 0.4) is 0 Å². The molecule has 5 nitrogen and oxygen atoms in total. The number of nitrogens with two attached hydrogens (primary N) is 1. The molecule has 0 fully saturated rings. The van der Waals surface area contributed by atoms with Crippen LogP contribution in [0.15, 0.2) is 48.5 Å². The molecule has 2 aromatic carbocycles. The minimum absolute atomic E-state index is 0.165. The van der Waals surface area contributed by atoms with E-state index in [-0.39, 0.29) is 18.8 Å². The lowest BCUT2D eigenvalue weighted by Crippen LogP contribution is -2.24. The number of nitrogens with one attached hydrogen (secondary N) is 1. The molecule has 0 radical (unpaired) electrons. The summed E-state index contributed by atoms with van der Waals surface area (Å²) in [7, 11) is 0. The number of alkyl halides is 3. The quantitative estimate of drug-likeness (QED) is 0.471. The number of halogens is 3. The highest BCUT2D eigenvalue weighted by Gasteiger charge is 2.31. The van der Waals surface area contributed by atoms with Gasteiger partial charge in [0.25, 0.3) is 0 Å². The number of carbonyl (C=O) groups is 1. The predicted molar refractivity (Wildman–Crippen MR) is 93.7 cm³/mol. The number of rotatable bonds is 5. The summed E-state index contributed by atoms with van der Waals surface area (Å²) in [6.45, 7) is 0.440. The van der Waals surface area contributed by atoms with Gasteiger partial charge < -0.3 is 20.5 Å². The van der Waals surface area contributed by atoms with Crippen molar-refractivity contribution in [2.45, 2.75) is 19.4 Å². The van der Waals surface area contributed by atoms with E-state index in [2.05, 4.69) is 21.9 Å². The van der Waals surface area contributed by atoms with Crippen LogP contribution in [-0.4, -0.2) is 19.0 Å². The molecule has 0 aliphatic carbocycles.